The molecule has 0 N–H and O–H groups in total. The van der Waals surface area contributed by atoms with Crippen molar-refractivity contribution in [2.24, 2.45) is 4.99 Å². The summed E-state index contributed by atoms with van der Waals surface area (Å²) in [5, 5.41) is 22.0. The van der Waals surface area contributed by atoms with Gasteiger partial charge in [0.15, 0.2) is 5.70 Å². The van der Waals surface area contributed by atoms with Crippen LogP contribution in [0.2, 0.25) is 0 Å². The first-order valence-electron chi connectivity index (χ1n) is 7.37. The Labute approximate surface area is 146 Å². The number of carbonyl (C=O) groups is 1. The number of hydrogen-bond donors (Lipinski definition) is 0. The van der Waals surface area contributed by atoms with Gasteiger partial charge in [-0.3, -0.25) is 20.2 Å². The Kier molecular flexibility index (Phi) is 4.27. The van der Waals surface area contributed by atoms with E-state index in [9.17, 15) is 25.0 Å². The van der Waals surface area contributed by atoms with Gasteiger partial charge in [0, 0.05) is 6.07 Å². The van der Waals surface area contributed by atoms with Gasteiger partial charge in [0.25, 0.3) is 11.4 Å². The van der Waals surface area contributed by atoms with Crippen LogP contribution in [0.25, 0.3) is 6.08 Å². The molecule has 0 saturated heterocycles. The fourth-order valence-electron chi connectivity index (χ4n) is 2.31. The molecular weight excluding hydrogens is 342 g/mol. The maximum atomic E-state index is 12.0. The summed E-state index contributed by atoms with van der Waals surface area (Å²) in [5.41, 5.74) is 0.624. The summed E-state index contributed by atoms with van der Waals surface area (Å²) in [6, 6.07) is 10.3. The van der Waals surface area contributed by atoms with Crippen LogP contribution in [0.1, 0.15) is 16.7 Å². The number of aryl methyl sites for hydroxylation is 1. The molecule has 26 heavy (non-hydrogen) atoms. The van der Waals surface area contributed by atoms with Crippen molar-refractivity contribution in [2.75, 3.05) is 0 Å². The van der Waals surface area contributed by atoms with E-state index in [1.165, 1.54) is 6.08 Å². The summed E-state index contributed by atoms with van der Waals surface area (Å²) < 4.78 is 5.02. The van der Waals surface area contributed by atoms with E-state index in [4.69, 9.17) is 4.74 Å². The third-order valence-corrected chi connectivity index (χ3v) is 3.62. The number of esters is 1. The fraction of sp³-hybridized carbons (Fsp3) is 0.0588. The molecule has 9 heteroatoms. The molecule has 2 aromatic rings. The number of benzene rings is 2. The Morgan fingerprint density at radius 2 is 1.73 bits per heavy atom. The van der Waals surface area contributed by atoms with Crippen LogP contribution in [0.5, 0.6) is 0 Å². The van der Waals surface area contributed by atoms with Crippen molar-refractivity contribution in [2.45, 2.75) is 6.92 Å². The highest BCUT2D eigenvalue weighted by Crippen LogP contribution is 2.28. The van der Waals surface area contributed by atoms with Gasteiger partial charge in [0.05, 0.1) is 15.9 Å². The number of non-ortho nitro benzene ring substituents is 1. The van der Waals surface area contributed by atoms with Crippen molar-refractivity contribution >= 4 is 29.3 Å². The van der Waals surface area contributed by atoms with Crippen molar-refractivity contribution in [3.8, 4) is 0 Å². The first-order chi connectivity index (χ1) is 12.3. The number of hydrogen-bond acceptors (Lipinski definition) is 7. The van der Waals surface area contributed by atoms with Crippen LogP contribution in [-0.4, -0.2) is 21.7 Å². The van der Waals surface area contributed by atoms with Crippen LogP contribution in [-0.2, 0) is 9.53 Å². The van der Waals surface area contributed by atoms with Crippen molar-refractivity contribution in [3.63, 3.8) is 0 Å². The lowest BCUT2D eigenvalue weighted by Crippen LogP contribution is -2.08. The Balaban J connectivity index is 2.02. The lowest BCUT2D eigenvalue weighted by atomic mass is 10.1. The van der Waals surface area contributed by atoms with E-state index in [1.807, 2.05) is 19.1 Å². The minimum Gasteiger partial charge on any atom is -0.402 e. The second-order valence-electron chi connectivity index (χ2n) is 5.46. The minimum atomic E-state index is -0.791. The van der Waals surface area contributed by atoms with E-state index < -0.39 is 27.2 Å². The highest BCUT2D eigenvalue weighted by Gasteiger charge is 2.30. The zero-order valence-corrected chi connectivity index (χ0v) is 13.4. The number of rotatable bonds is 4. The molecule has 0 aliphatic carbocycles. The fourth-order valence-corrected chi connectivity index (χ4v) is 2.31. The number of nitro groups is 2. The molecule has 0 bridgehead atoms. The smallest absolute Gasteiger partial charge is 0.363 e. The van der Waals surface area contributed by atoms with Gasteiger partial charge < -0.3 is 4.74 Å². The number of nitrogens with zero attached hydrogens (tertiary/aromatic N) is 3. The molecule has 0 atom stereocenters. The number of cyclic esters (lactones) is 1. The molecule has 3 rings (SSSR count). The average molecular weight is 353 g/mol. The van der Waals surface area contributed by atoms with Gasteiger partial charge in [-0.15, -0.1) is 0 Å². The molecule has 1 aliphatic heterocycles. The predicted molar refractivity (Wildman–Crippen MR) is 91.5 cm³/mol. The molecule has 0 fully saturated rings. The van der Waals surface area contributed by atoms with Gasteiger partial charge >= 0.3 is 5.97 Å². The first-order valence-corrected chi connectivity index (χ1v) is 7.37. The van der Waals surface area contributed by atoms with Crippen LogP contribution >= 0.6 is 0 Å². The van der Waals surface area contributed by atoms with Gasteiger partial charge in [0.2, 0.25) is 5.90 Å². The minimum absolute atomic E-state index is 0.0171. The number of aliphatic imine (C=N–C) groups is 1. The molecule has 0 amide bonds. The number of carbonyl (C=O) groups excluding carboxylic acids is 1. The van der Waals surface area contributed by atoms with Gasteiger partial charge in [-0.1, -0.05) is 29.8 Å². The molecule has 0 aromatic heterocycles. The van der Waals surface area contributed by atoms with Crippen molar-refractivity contribution in [1.82, 2.24) is 0 Å². The van der Waals surface area contributed by atoms with E-state index in [1.54, 1.807) is 12.1 Å². The quantitative estimate of drug-likeness (QED) is 0.360. The second-order valence-corrected chi connectivity index (χ2v) is 5.46. The van der Waals surface area contributed by atoms with E-state index in [0.717, 1.165) is 23.8 Å². The molecule has 0 saturated carbocycles. The molecule has 2 aromatic carbocycles. The zero-order chi connectivity index (χ0) is 18.8. The third-order valence-electron chi connectivity index (χ3n) is 3.62. The SMILES string of the molecule is Cc1ccc(C=C2N=C(c3ccc([N+](=O)[O-])cc3[N+](=O)[O-])OC2=O)cc1. The van der Waals surface area contributed by atoms with E-state index >= 15 is 0 Å². The van der Waals surface area contributed by atoms with Crippen molar-refractivity contribution in [3.05, 3.63) is 85.1 Å². The molecule has 0 spiro atoms. The van der Waals surface area contributed by atoms with E-state index in [-0.39, 0.29) is 17.2 Å². The predicted octanol–water partition coefficient (Wildman–Crippen LogP) is 3.16. The Hall–Kier alpha value is -3.88. The maximum Gasteiger partial charge on any atom is 0.363 e. The Morgan fingerprint density at radius 3 is 2.35 bits per heavy atom. The summed E-state index contributed by atoms with van der Waals surface area (Å²) in [4.78, 5) is 36.5. The highest BCUT2D eigenvalue weighted by molar-refractivity contribution is 6.14. The highest BCUT2D eigenvalue weighted by atomic mass is 16.6. The normalized spacial score (nSPS) is 14.9. The largest absolute Gasteiger partial charge is 0.402 e. The van der Waals surface area contributed by atoms with Gasteiger partial charge in [-0.2, -0.15) is 0 Å². The van der Waals surface area contributed by atoms with Crippen LogP contribution in [0, 0.1) is 27.2 Å². The maximum absolute atomic E-state index is 12.0. The molecule has 1 aliphatic rings. The Morgan fingerprint density at radius 1 is 1.04 bits per heavy atom. The summed E-state index contributed by atoms with van der Waals surface area (Å²) in [6.45, 7) is 1.92. The molecule has 0 unspecified atom stereocenters. The van der Waals surface area contributed by atoms with Crippen molar-refractivity contribution in [1.29, 1.82) is 0 Å². The standard InChI is InChI=1S/C17H11N3O6/c1-10-2-4-11(5-3-10)8-14-17(21)26-16(18-14)13-7-6-12(19(22)23)9-15(13)20(24)25/h2-9H,1H3. The first kappa shape index (κ1) is 17.0. The van der Waals surface area contributed by atoms with Crippen molar-refractivity contribution < 1.29 is 19.4 Å². The van der Waals surface area contributed by atoms with E-state index in [0.29, 0.717) is 5.56 Å². The van der Waals surface area contributed by atoms with Crippen LogP contribution in [0.15, 0.2) is 53.2 Å². The molecule has 130 valence electrons. The van der Waals surface area contributed by atoms with Crippen LogP contribution < -0.4 is 0 Å². The average Bonchev–Trinajstić information content (AvgIpc) is 2.96. The second kappa shape index (κ2) is 6.55. The molecule has 9 nitrogen and oxygen atoms in total. The third kappa shape index (κ3) is 3.31. The molecular formula is C17H11N3O6. The number of nitro benzene ring substituents is 2. The molecule has 1 heterocycles. The summed E-state index contributed by atoms with van der Waals surface area (Å²) >= 11 is 0. The zero-order valence-electron chi connectivity index (χ0n) is 13.4. The van der Waals surface area contributed by atoms with Crippen LogP contribution in [0.3, 0.4) is 0 Å². The van der Waals surface area contributed by atoms with E-state index in [2.05, 4.69) is 4.99 Å². The van der Waals surface area contributed by atoms with Gasteiger partial charge in [-0.05, 0) is 24.6 Å². The monoisotopic (exact) mass is 353 g/mol. The Bertz CT molecular complexity index is 992. The topological polar surface area (TPSA) is 125 Å². The lowest BCUT2D eigenvalue weighted by Gasteiger charge is -2.01. The van der Waals surface area contributed by atoms with Crippen LogP contribution in [0.4, 0.5) is 11.4 Å². The molecule has 0 radical (unpaired) electrons. The van der Waals surface area contributed by atoms with Gasteiger partial charge in [0.1, 0.15) is 5.56 Å². The van der Waals surface area contributed by atoms with Gasteiger partial charge in [-0.25, -0.2) is 9.79 Å². The lowest BCUT2D eigenvalue weighted by molar-refractivity contribution is -0.394. The summed E-state index contributed by atoms with van der Waals surface area (Å²) in [6.07, 6.45) is 1.49. The summed E-state index contributed by atoms with van der Waals surface area (Å²) in [5.74, 6) is -1.02. The number of ether oxygens (including phenoxy) is 1. The summed E-state index contributed by atoms with van der Waals surface area (Å²) in [7, 11) is 0.